The van der Waals surface area contributed by atoms with E-state index >= 15 is 0 Å². The lowest BCUT2D eigenvalue weighted by Crippen LogP contribution is -2.61. The first-order valence-corrected chi connectivity index (χ1v) is 9.11. The Morgan fingerprint density at radius 1 is 1.00 bits per heavy atom. The molecule has 0 unspecified atom stereocenters. The molecule has 1 fully saturated rings. The van der Waals surface area contributed by atoms with Crippen molar-refractivity contribution < 1.29 is 13.3 Å². The van der Waals surface area contributed by atoms with Crippen LogP contribution in [0.4, 0.5) is 0 Å². The predicted molar refractivity (Wildman–Crippen MR) is 83.0 cm³/mol. The summed E-state index contributed by atoms with van der Waals surface area (Å²) in [6.07, 6.45) is 1.93. The molecule has 0 atom stereocenters. The highest BCUT2D eigenvalue weighted by atomic mass is 28.4. The van der Waals surface area contributed by atoms with E-state index in [-0.39, 0.29) is 11.2 Å². The lowest BCUT2D eigenvalue weighted by Gasteiger charge is -2.37. The third-order valence-electron chi connectivity index (χ3n) is 3.61. The second-order valence-corrected chi connectivity index (χ2v) is 8.97. The van der Waals surface area contributed by atoms with Crippen molar-refractivity contribution in [1.82, 2.24) is 0 Å². The van der Waals surface area contributed by atoms with Gasteiger partial charge in [0.2, 0.25) is 0 Å². The first kappa shape index (κ1) is 15.7. The molecule has 2 rings (SSSR count). The van der Waals surface area contributed by atoms with Crippen LogP contribution in [0.1, 0.15) is 47.5 Å². The average Bonchev–Trinajstić information content (AvgIpc) is 2.46. The van der Waals surface area contributed by atoms with Crippen LogP contribution in [0.2, 0.25) is 0 Å². The highest BCUT2D eigenvalue weighted by Gasteiger charge is 2.53. The van der Waals surface area contributed by atoms with Crippen molar-refractivity contribution in [2.45, 2.75) is 58.7 Å². The van der Waals surface area contributed by atoms with Crippen molar-refractivity contribution >= 4 is 14.0 Å². The van der Waals surface area contributed by atoms with Crippen molar-refractivity contribution in [1.29, 1.82) is 0 Å². The molecule has 1 heterocycles. The molecule has 0 amide bonds. The van der Waals surface area contributed by atoms with E-state index in [1.807, 2.05) is 25.1 Å². The Bertz CT molecular complexity index is 424. The number of hydrogen-bond acceptors (Lipinski definition) is 3. The quantitative estimate of drug-likeness (QED) is 0.801. The van der Waals surface area contributed by atoms with Gasteiger partial charge in [0.15, 0.2) is 0 Å². The summed E-state index contributed by atoms with van der Waals surface area (Å²) in [6, 6.07) is 10.1. The Hall–Kier alpha value is -0.683. The van der Waals surface area contributed by atoms with Gasteiger partial charge in [0.1, 0.15) is 0 Å². The summed E-state index contributed by atoms with van der Waals surface area (Å²) in [4.78, 5) is 0. The minimum atomic E-state index is -2.88. The maximum absolute atomic E-state index is 6.44. The molecule has 0 radical (unpaired) electrons. The van der Waals surface area contributed by atoms with Crippen molar-refractivity contribution in [2.75, 3.05) is 6.61 Å². The molecule has 20 heavy (non-hydrogen) atoms. The SMILES string of the molecule is CCO[Si]1(c2ccccc2)OC(C)(C)CCC(C)(C)O1. The Morgan fingerprint density at radius 3 is 1.95 bits per heavy atom. The van der Waals surface area contributed by atoms with Gasteiger partial charge in [0.05, 0.1) is 11.2 Å². The average molecular weight is 294 g/mol. The molecule has 1 saturated heterocycles. The Morgan fingerprint density at radius 2 is 1.50 bits per heavy atom. The molecule has 1 aromatic rings. The molecule has 0 N–H and O–H groups in total. The smallest absolute Gasteiger partial charge is 0.370 e. The molecule has 1 aliphatic rings. The monoisotopic (exact) mass is 294 g/mol. The maximum atomic E-state index is 6.44. The van der Waals surface area contributed by atoms with Gasteiger partial charge >= 0.3 is 8.80 Å². The summed E-state index contributed by atoms with van der Waals surface area (Å²) < 4.78 is 19.0. The zero-order valence-corrected chi connectivity index (χ0v) is 14.2. The maximum Gasteiger partial charge on any atom is 0.538 e. The van der Waals surface area contributed by atoms with Gasteiger partial charge in [-0.15, -0.1) is 0 Å². The Balaban J connectivity index is 2.47. The fraction of sp³-hybridized carbons (Fsp3) is 0.625. The van der Waals surface area contributed by atoms with E-state index in [4.69, 9.17) is 13.3 Å². The van der Waals surface area contributed by atoms with E-state index in [1.54, 1.807) is 0 Å². The minimum absolute atomic E-state index is 0.231. The van der Waals surface area contributed by atoms with Gasteiger partial charge in [-0.25, -0.2) is 0 Å². The molecular formula is C16H26O3Si. The van der Waals surface area contributed by atoms with Gasteiger partial charge in [0, 0.05) is 11.8 Å². The van der Waals surface area contributed by atoms with Crippen molar-refractivity contribution in [3.05, 3.63) is 30.3 Å². The highest BCUT2D eigenvalue weighted by molar-refractivity contribution is 6.75. The molecular weight excluding hydrogens is 268 g/mol. The molecule has 3 nitrogen and oxygen atoms in total. The van der Waals surface area contributed by atoms with Crippen molar-refractivity contribution in [3.8, 4) is 0 Å². The van der Waals surface area contributed by atoms with E-state index in [9.17, 15) is 0 Å². The Labute approximate surface area is 123 Å². The highest BCUT2D eigenvalue weighted by Crippen LogP contribution is 2.35. The lowest BCUT2D eigenvalue weighted by molar-refractivity contribution is -0.0115. The summed E-state index contributed by atoms with van der Waals surface area (Å²) in [5.41, 5.74) is -0.462. The first-order valence-electron chi connectivity index (χ1n) is 7.38. The van der Waals surface area contributed by atoms with Gasteiger partial charge in [-0.05, 0) is 47.5 Å². The van der Waals surface area contributed by atoms with Crippen LogP contribution in [0.25, 0.3) is 0 Å². The van der Waals surface area contributed by atoms with E-state index in [2.05, 4.69) is 39.8 Å². The third kappa shape index (κ3) is 3.50. The molecule has 0 spiro atoms. The van der Waals surface area contributed by atoms with Crippen LogP contribution >= 0.6 is 0 Å². The zero-order chi connectivity index (χ0) is 14.9. The molecule has 1 aliphatic heterocycles. The zero-order valence-electron chi connectivity index (χ0n) is 13.2. The third-order valence-corrected chi connectivity index (χ3v) is 6.96. The fourth-order valence-corrected chi connectivity index (χ4v) is 5.75. The normalized spacial score (nSPS) is 24.1. The topological polar surface area (TPSA) is 27.7 Å². The van der Waals surface area contributed by atoms with Crippen LogP contribution in [-0.2, 0) is 13.3 Å². The summed E-state index contributed by atoms with van der Waals surface area (Å²) in [6.45, 7) is 11.1. The number of hydrogen-bond donors (Lipinski definition) is 0. The minimum Gasteiger partial charge on any atom is -0.370 e. The van der Waals surface area contributed by atoms with Crippen LogP contribution in [0.15, 0.2) is 30.3 Å². The van der Waals surface area contributed by atoms with Crippen LogP contribution in [0.5, 0.6) is 0 Å². The van der Waals surface area contributed by atoms with E-state index in [0.717, 1.165) is 18.0 Å². The van der Waals surface area contributed by atoms with E-state index in [0.29, 0.717) is 6.61 Å². The summed E-state index contributed by atoms with van der Waals surface area (Å²) in [7, 11) is -2.88. The lowest BCUT2D eigenvalue weighted by atomic mass is 9.94. The molecule has 1 aromatic carbocycles. The van der Waals surface area contributed by atoms with Crippen molar-refractivity contribution in [2.24, 2.45) is 0 Å². The molecule has 112 valence electrons. The van der Waals surface area contributed by atoms with E-state index < -0.39 is 8.80 Å². The summed E-state index contributed by atoms with van der Waals surface area (Å²) in [5, 5.41) is 1.05. The summed E-state index contributed by atoms with van der Waals surface area (Å²) >= 11 is 0. The van der Waals surface area contributed by atoms with Gasteiger partial charge < -0.3 is 13.3 Å². The second-order valence-electron chi connectivity index (χ2n) is 6.58. The van der Waals surface area contributed by atoms with Gasteiger partial charge in [0.25, 0.3) is 0 Å². The second kappa shape index (κ2) is 5.60. The number of benzene rings is 1. The van der Waals surface area contributed by atoms with E-state index in [1.165, 1.54) is 0 Å². The molecule has 0 saturated carbocycles. The standard InChI is InChI=1S/C16H26O3Si/c1-6-17-20(14-10-8-7-9-11-14)18-15(2,3)12-13-16(4,5)19-20/h7-11H,6,12-13H2,1-5H3. The fourth-order valence-electron chi connectivity index (χ4n) is 2.54. The molecule has 0 aromatic heterocycles. The van der Waals surface area contributed by atoms with Crippen LogP contribution in [0, 0.1) is 0 Å². The molecule has 0 aliphatic carbocycles. The predicted octanol–water partition coefficient (Wildman–Crippen LogP) is 3.25. The largest absolute Gasteiger partial charge is 0.538 e. The van der Waals surface area contributed by atoms with Gasteiger partial charge in [-0.3, -0.25) is 0 Å². The van der Waals surface area contributed by atoms with Crippen molar-refractivity contribution in [3.63, 3.8) is 0 Å². The molecule has 4 heteroatoms. The molecule has 0 bridgehead atoms. The van der Waals surface area contributed by atoms with Gasteiger partial charge in [-0.1, -0.05) is 30.3 Å². The van der Waals surface area contributed by atoms with Crippen LogP contribution in [-0.4, -0.2) is 26.6 Å². The summed E-state index contributed by atoms with van der Waals surface area (Å²) in [5.74, 6) is 0. The number of rotatable bonds is 3. The Kier molecular flexibility index (Phi) is 4.40. The first-order chi connectivity index (χ1) is 9.29. The van der Waals surface area contributed by atoms with Crippen LogP contribution in [0.3, 0.4) is 0 Å². The van der Waals surface area contributed by atoms with Gasteiger partial charge in [-0.2, -0.15) is 0 Å². The van der Waals surface area contributed by atoms with Crippen LogP contribution < -0.4 is 5.19 Å².